The van der Waals surface area contributed by atoms with E-state index in [1.54, 1.807) is 6.92 Å². The molecular formula is C16H24N2O2. The maximum atomic E-state index is 11.8. The molecule has 2 rings (SSSR count). The van der Waals surface area contributed by atoms with E-state index in [0.717, 1.165) is 25.0 Å². The predicted octanol–water partition coefficient (Wildman–Crippen LogP) is 2.19. The average molecular weight is 276 g/mol. The van der Waals surface area contributed by atoms with Gasteiger partial charge in [0.2, 0.25) is 0 Å². The van der Waals surface area contributed by atoms with Crippen molar-refractivity contribution in [2.75, 3.05) is 13.6 Å². The van der Waals surface area contributed by atoms with Crippen molar-refractivity contribution < 1.29 is 9.53 Å². The van der Waals surface area contributed by atoms with Crippen molar-refractivity contribution in [3.8, 4) is 5.75 Å². The second-order valence-corrected chi connectivity index (χ2v) is 5.29. The highest BCUT2D eigenvalue weighted by Crippen LogP contribution is 2.33. The summed E-state index contributed by atoms with van der Waals surface area (Å²) in [7, 11) is 1.99. The van der Waals surface area contributed by atoms with E-state index in [1.807, 2.05) is 20.0 Å². The van der Waals surface area contributed by atoms with Gasteiger partial charge < -0.3 is 15.4 Å². The summed E-state index contributed by atoms with van der Waals surface area (Å²) in [5.41, 5.74) is 2.67. The second kappa shape index (κ2) is 6.75. The van der Waals surface area contributed by atoms with Crippen LogP contribution in [0.2, 0.25) is 0 Å². The quantitative estimate of drug-likeness (QED) is 0.837. The number of fused-ring (bicyclic) bond motifs is 1. The van der Waals surface area contributed by atoms with Crippen LogP contribution in [0.4, 0.5) is 0 Å². The monoisotopic (exact) mass is 276 g/mol. The van der Waals surface area contributed by atoms with Gasteiger partial charge in [-0.25, -0.2) is 0 Å². The van der Waals surface area contributed by atoms with Gasteiger partial charge in [-0.1, -0.05) is 13.0 Å². The van der Waals surface area contributed by atoms with E-state index in [9.17, 15) is 4.79 Å². The van der Waals surface area contributed by atoms with Crippen molar-refractivity contribution in [1.82, 2.24) is 10.6 Å². The molecule has 110 valence electrons. The minimum atomic E-state index is -0.457. The molecule has 0 spiro atoms. The van der Waals surface area contributed by atoms with Gasteiger partial charge >= 0.3 is 0 Å². The molecule has 20 heavy (non-hydrogen) atoms. The van der Waals surface area contributed by atoms with Crippen LogP contribution >= 0.6 is 0 Å². The third-order valence-corrected chi connectivity index (χ3v) is 3.77. The van der Waals surface area contributed by atoms with Crippen LogP contribution in [0, 0.1) is 0 Å². The number of aryl methyl sites for hydroxylation is 1. The Balaban J connectivity index is 1.99. The molecule has 0 bridgehead atoms. The summed E-state index contributed by atoms with van der Waals surface area (Å²) in [5, 5.41) is 6.16. The minimum Gasteiger partial charge on any atom is -0.481 e. The lowest BCUT2D eigenvalue weighted by atomic mass is 10.1. The number of ether oxygens (including phenoxy) is 1. The van der Waals surface area contributed by atoms with E-state index in [1.165, 1.54) is 11.1 Å². The first-order valence-corrected chi connectivity index (χ1v) is 7.40. The van der Waals surface area contributed by atoms with Crippen LogP contribution in [0.25, 0.3) is 0 Å². The smallest absolute Gasteiger partial charge is 0.260 e. The normalized spacial score (nSPS) is 18.4. The molecule has 0 fully saturated rings. The van der Waals surface area contributed by atoms with Gasteiger partial charge in [0, 0.05) is 12.6 Å². The molecule has 2 unspecified atom stereocenters. The third-order valence-electron chi connectivity index (χ3n) is 3.77. The number of benzene rings is 1. The van der Waals surface area contributed by atoms with E-state index in [2.05, 4.69) is 22.8 Å². The molecule has 0 radical (unpaired) electrons. The van der Waals surface area contributed by atoms with Gasteiger partial charge in [-0.15, -0.1) is 0 Å². The maximum absolute atomic E-state index is 11.8. The number of hydrogen-bond acceptors (Lipinski definition) is 3. The fraction of sp³-hybridized carbons (Fsp3) is 0.562. The standard InChI is InChI=1S/C16H24N2O2/c1-4-9-18-16(19)11(2)20-13-6-7-14-12(10-13)5-8-15(14)17-3/h6-7,10-11,15,17H,4-5,8-9H2,1-3H3,(H,18,19). The molecule has 1 aliphatic carbocycles. The van der Waals surface area contributed by atoms with Crippen molar-refractivity contribution in [3.63, 3.8) is 0 Å². The molecule has 1 aromatic carbocycles. The van der Waals surface area contributed by atoms with Crippen molar-refractivity contribution in [2.24, 2.45) is 0 Å². The van der Waals surface area contributed by atoms with Crippen LogP contribution in [-0.4, -0.2) is 25.6 Å². The van der Waals surface area contributed by atoms with Crippen LogP contribution in [0.1, 0.15) is 43.9 Å². The molecule has 0 aromatic heterocycles. The Morgan fingerprint density at radius 3 is 3.00 bits per heavy atom. The number of hydrogen-bond donors (Lipinski definition) is 2. The highest BCUT2D eigenvalue weighted by molar-refractivity contribution is 5.80. The van der Waals surface area contributed by atoms with Crippen LogP contribution in [-0.2, 0) is 11.2 Å². The first-order valence-electron chi connectivity index (χ1n) is 7.40. The Kier molecular flexibility index (Phi) is 5.01. The number of carbonyl (C=O) groups excluding carboxylic acids is 1. The number of rotatable bonds is 6. The molecule has 0 aliphatic heterocycles. The van der Waals surface area contributed by atoms with Gasteiger partial charge in [0.15, 0.2) is 6.10 Å². The van der Waals surface area contributed by atoms with Crippen molar-refractivity contribution in [1.29, 1.82) is 0 Å². The number of carbonyl (C=O) groups is 1. The van der Waals surface area contributed by atoms with Gasteiger partial charge in [-0.3, -0.25) is 4.79 Å². The highest BCUT2D eigenvalue weighted by Gasteiger charge is 2.22. The molecule has 0 saturated heterocycles. The van der Waals surface area contributed by atoms with Crippen molar-refractivity contribution in [2.45, 2.75) is 45.3 Å². The molecule has 4 nitrogen and oxygen atoms in total. The summed E-state index contributed by atoms with van der Waals surface area (Å²) in [6.45, 7) is 4.51. The third kappa shape index (κ3) is 3.31. The lowest BCUT2D eigenvalue weighted by Crippen LogP contribution is -2.36. The summed E-state index contributed by atoms with van der Waals surface area (Å²) in [4.78, 5) is 11.8. The Morgan fingerprint density at radius 2 is 2.30 bits per heavy atom. The Bertz CT molecular complexity index is 474. The first kappa shape index (κ1) is 14.9. The maximum Gasteiger partial charge on any atom is 0.260 e. The summed E-state index contributed by atoms with van der Waals surface area (Å²) < 4.78 is 5.73. The predicted molar refractivity (Wildman–Crippen MR) is 80.0 cm³/mol. The lowest BCUT2D eigenvalue weighted by molar-refractivity contribution is -0.127. The van der Waals surface area contributed by atoms with E-state index in [4.69, 9.17) is 4.74 Å². The first-order chi connectivity index (χ1) is 9.65. The largest absolute Gasteiger partial charge is 0.481 e. The average Bonchev–Trinajstić information content (AvgIpc) is 2.86. The van der Waals surface area contributed by atoms with Gasteiger partial charge in [0.25, 0.3) is 5.91 Å². The van der Waals surface area contributed by atoms with Crippen LogP contribution < -0.4 is 15.4 Å². The van der Waals surface area contributed by atoms with Crippen LogP contribution in [0.5, 0.6) is 5.75 Å². The minimum absolute atomic E-state index is 0.0551. The zero-order valence-corrected chi connectivity index (χ0v) is 12.5. The zero-order valence-electron chi connectivity index (χ0n) is 12.5. The molecule has 4 heteroatoms. The van der Waals surface area contributed by atoms with E-state index in [0.29, 0.717) is 12.6 Å². The Labute approximate surface area is 120 Å². The Morgan fingerprint density at radius 1 is 1.50 bits per heavy atom. The highest BCUT2D eigenvalue weighted by atomic mass is 16.5. The molecule has 0 heterocycles. The van der Waals surface area contributed by atoms with Crippen molar-refractivity contribution in [3.05, 3.63) is 29.3 Å². The van der Waals surface area contributed by atoms with Gasteiger partial charge in [0.05, 0.1) is 0 Å². The summed E-state index contributed by atoms with van der Waals surface area (Å²) >= 11 is 0. The van der Waals surface area contributed by atoms with Gasteiger partial charge in [-0.2, -0.15) is 0 Å². The molecule has 2 N–H and O–H groups in total. The topological polar surface area (TPSA) is 50.4 Å². The molecule has 0 saturated carbocycles. The van der Waals surface area contributed by atoms with Gasteiger partial charge in [0.1, 0.15) is 5.75 Å². The van der Waals surface area contributed by atoms with E-state index >= 15 is 0 Å². The summed E-state index contributed by atoms with van der Waals surface area (Å²) in [6, 6.07) is 6.58. The van der Waals surface area contributed by atoms with Gasteiger partial charge in [-0.05, 0) is 56.5 Å². The number of amides is 1. The second-order valence-electron chi connectivity index (χ2n) is 5.29. The zero-order chi connectivity index (χ0) is 14.5. The Hall–Kier alpha value is -1.55. The molecule has 2 atom stereocenters. The lowest BCUT2D eigenvalue weighted by Gasteiger charge is -2.16. The molecule has 1 aliphatic rings. The SMILES string of the molecule is CCCNC(=O)C(C)Oc1ccc2c(c1)CCC2NC. The van der Waals surface area contributed by atoms with E-state index < -0.39 is 6.10 Å². The fourth-order valence-electron chi connectivity index (χ4n) is 2.62. The summed E-state index contributed by atoms with van der Waals surface area (Å²) in [6.07, 6.45) is 2.67. The van der Waals surface area contributed by atoms with Crippen LogP contribution in [0.3, 0.4) is 0 Å². The molecule has 1 amide bonds. The number of nitrogens with one attached hydrogen (secondary N) is 2. The summed E-state index contributed by atoms with van der Waals surface area (Å²) in [5.74, 6) is 0.722. The fourth-order valence-corrected chi connectivity index (χ4v) is 2.62. The van der Waals surface area contributed by atoms with Crippen molar-refractivity contribution >= 4 is 5.91 Å². The van der Waals surface area contributed by atoms with Crippen LogP contribution in [0.15, 0.2) is 18.2 Å². The molecular weight excluding hydrogens is 252 g/mol. The van der Waals surface area contributed by atoms with E-state index in [-0.39, 0.29) is 5.91 Å². The molecule has 1 aromatic rings.